The fourth-order valence-electron chi connectivity index (χ4n) is 4.87. The summed E-state index contributed by atoms with van der Waals surface area (Å²) in [4.78, 5) is 1.68. The number of nitrogens with one attached hydrogen (secondary N) is 2. The van der Waals surface area contributed by atoms with Crippen molar-refractivity contribution in [2.45, 2.75) is 44.0 Å². The zero-order valence-electron chi connectivity index (χ0n) is 17.8. The van der Waals surface area contributed by atoms with E-state index in [0.29, 0.717) is 16.5 Å². The molecule has 3 atom stereocenters. The molecule has 0 bridgehead atoms. The molecule has 2 N–H and O–H groups in total. The summed E-state index contributed by atoms with van der Waals surface area (Å²) in [6.45, 7) is 6.00. The number of thiophene rings is 1. The highest BCUT2D eigenvalue weighted by atomic mass is 32.2. The van der Waals surface area contributed by atoms with Crippen LogP contribution in [0.5, 0.6) is 0 Å². The smallest absolute Gasteiger partial charge is 0.261 e. The molecule has 0 saturated heterocycles. The van der Waals surface area contributed by atoms with Gasteiger partial charge in [0.1, 0.15) is 0 Å². The van der Waals surface area contributed by atoms with Crippen molar-refractivity contribution < 1.29 is 8.42 Å². The maximum Gasteiger partial charge on any atom is 0.261 e. The first-order valence-corrected chi connectivity index (χ1v) is 12.9. The lowest BCUT2D eigenvalue weighted by Gasteiger charge is -2.37. The van der Waals surface area contributed by atoms with Crippen molar-refractivity contribution in [3.63, 3.8) is 0 Å². The van der Waals surface area contributed by atoms with E-state index >= 15 is 0 Å². The van der Waals surface area contributed by atoms with E-state index in [1.807, 2.05) is 44.2 Å². The zero-order valence-corrected chi connectivity index (χ0v) is 19.5. The molecule has 6 heteroatoms. The lowest BCUT2D eigenvalue weighted by molar-refractivity contribution is 0.428. The maximum absolute atomic E-state index is 13.2. The predicted molar refractivity (Wildman–Crippen MR) is 129 cm³/mol. The van der Waals surface area contributed by atoms with Crippen LogP contribution in [0.2, 0.25) is 0 Å². The summed E-state index contributed by atoms with van der Waals surface area (Å²) in [6, 6.07) is 13.7. The summed E-state index contributed by atoms with van der Waals surface area (Å²) in [5, 5.41) is 5.86. The third kappa shape index (κ3) is 3.48. The standard InChI is InChI=1S/C25H26N2O2S2/c1-15-6-4-7-16(2)23(15)27-31(28,29)18-10-11-22-21(14-18)19-8-5-9-20(19)24(26-22)25-17(3)12-13-30-25/h4-8,10-14,19-20,24,26-27H,9H2,1-3H3. The first-order chi connectivity index (χ1) is 14.8. The number of benzene rings is 2. The van der Waals surface area contributed by atoms with Crippen molar-refractivity contribution in [2.24, 2.45) is 5.92 Å². The Morgan fingerprint density at radius 1 is 1.03 bits per heavy atom. The fraction of sp³-hybridized carbons (Fsp3) is 0.280. The lowest BCUT2D eigenvalue weighted by Crippen LogP contribution is -2.29. The molecule has 2 aliphatic rings. The largest absolute Gasteiger partial charge is 0.377 e. The topological polar surface area (TPSA) is 58.2 Å². The average Bonchev–Trinajstić information content (AvgIpc) is 3.39. The molecular weight excluding hydrogens is 424 g/mol. The highest BCUT2D eigenvalue weighted by Crippen LogP contribution is 2.51. The number of rotatable bonds is 4. The van der Waals surface area contributed by atoms with Gasteiger partial charge in [0.25, 0.3) is 10.0 Å². The SMILES string of the molecule is Cc1ccsc1C1Nc2ccc(S(=O)(=O)Nc3c(C)cccc3C)cc2C2C=CCC21. The van der Waals surface area contributed by atoms with Gasteiger partial charge in [-0.05, 0) is 85.0 Å². The Balaban J connectivity index is 1.52. The minimum absolute atomic E-state index is 0.220. The van der Waals surface area contributed by atoms with Gasteiger partial charge in [0, 0.05) is 16.5 Å². The van der Waals surface area contributed by atoms with E-state index < -0.39 is 10.0 Å². The van der Waals surface area contributed by atoms with E-state index in [9.17, 15) is 8.42 Å². The van der Waals surface area contributed by atoms with Gasteiger partial charge in [-0.2, -0.15) is 0 Å². The van der Waals surface area contributed by atoms with E-state index in [1.165, 1.54) is 10.4 Å². The van der Waals surface area contributed by atoms with Crippen LogP contribution in [0.25, 0.3) is 0 Å². The van der Waals surface area contributed by atoms with Gasteiger partial charge in [0.2, 0.25) is 0 Å². The molecule has 3 aromatic rings. The normalized spacial score (nSPS) is 22.0. The van der Waals surface area contributed by atoms with Crippen molar-refractivity contribution in [3.8, 4) is 0 Å². The molecule has 3 unspecified atom stereocenters. The molecule has 0 saturated carbocycles. The molecule has 2 aromatic carbocycles. The van der Waals surface area contributed by atoms with Crippen molar-refractivity contribution in [2.75, 3.05) is 10.0 Å². The van der Waals surface area contributed by atoms with Gasteiger partial charge in [0.15, 0.2) is 0 Å². The third-order valence-electron chi connectivity index (χ3n) is 6.55. The van der Waals surface area contributed by atoms with Crippen LogP contribution in [0, 0.1) is 26.7 Å². The molecule has 1 aliphatic carbocycles. The van der Waals surface area contributed by atoms with E-state index in [1.54, 1.807) is 17.4 Å². The summed E-state index contributed by atoms with van der Waals surface area (Å²) in [7, 11) is -3.68. The highest BCUT2D eigenvalue weighted by Gasteiger charge is 2.39. The van der Waals surface area contributed by atoms with Crippen LogP contribution in [-0.2, 0) is 10.0 Å². The number of para-hydroxylation sites is 1. The van der Waals surface area contributed by atoms with Crippen LogP contribution in [0.1, 0.15) is 45.5 Å². The van der Waals surface area contributed by atoms with Gasteiger partial charge in [-0.1, -0.05) is 30.4 Å². The van der Waals surface area contributed by atoms with Crippen molar-refractivity contribution >= 4 is 32.7 Å². The van der Waals surface area contributed by atoms with E-state index in [2.05, 4.69) is 40.6 Å². The molecule has 1 aromatic heterocycles. The summed E-state index contributed by atoms with van der Waals surface area (Å²) >= 11 is 1.79. The van der Waals surface area contributed by atoms with Gasteiger partial charge < -0.3 is 5.32 Å². The van der Waals surface area contributed by atoms with Gasteiger partial charge >= 0.3 is 0 Å². The van der Waals surface area contributed by atoms with E-state index in [0.717, 1.165) is 28.8 Å². The van der Waals surface area contributed by atoms with Crippen LogP contribution in [0.15, 0.2) is 64.9 Å². The molecule has 0 spiro atoms. The quantitative estimate of drug-likeness (QED) is 0.459. The van der Waals surface area contributed by atoms with Crippen molar-refractivity contribution in [1.82, 2.24) is 0 Å². The van der Waals surface area contributed by atoms with E-state index in [4.69, 9.17) is 0 Å². The number of fused-ring (bicyclic) bond motifs is 3. The van der Waals surface area contributed by atoms with Gasteiger partial charge in [-0.3, -0.25) is 4.72 Å². The summed E-state index contributed by atoms with van der Waals surface area (Å²) in [5.74, 6) is 0.618. The summed E-state index contributed by atoms with van der Waals surface area (Å²) in [5.41, 5.74) is 5.89. The van der Waals surface area contributed by atoms with Crippen molar-refractivity contribution in [3.05, 3.63) is 87.1 Å². The maximum atomic E-state index is 13.2. The number of aryl methyl sites for hydroxylation is 3. The first-order valence-electron chi connectivity index (χ1n) is 10.6. The Kier molecular flexibility index (Phi) is 4.94. The highest BCUT2D eigenvalue weighted by molar-refractivity contribution is 7.92. The van der Waals surface area contributed by atoms with E-state index in [-0.39, 0.29) is 12.0 Å². The van der Waals surface area contributed by atoms with Crippen LogP contribution in [0.3, 0.4) is 0 Å². The molecule has 5 rings (SSSR count). The van der Waals surface area contributed by atoms with Crippen molar-refractivity contribution in [1.29, 1.82) is 0 Å². The molecule has 0 radical (unpaired) electrons. The number of sulfonamides is 1. The second-order valence-corrected chi connectivity index (χ2v) is 11.2. The van der Waals surface area contributed by atoms with Crippen LogP contribution in [0.4, 0.5) is 11.4 Å². The monoisotopic (exact) mass is 450 g/mol. The number of anilines is 2. The van der Waals surface area contributed by atoms with Crippen LogP contribution < -0.4 is 10.0 Å². The molecule has 4 nitrogen and oxygen atoms in total. The predicted octanol–water partition coefficient (Wildman–Crippen LogP) is 6.30. The Morgan fingerprint density at radius 3 is 2.52 bits per heavy atom. The van der Waals surface area contributed by atoms with Gasteiger partial charge in [-0.15, -0.1) is 11.3 Å². The summed E-state index contributed by atoms with van der Waals surface area (Å²) in [6.07, 6.45) is 5.48. The minimum Gasteiger partial charge on any atom is -0.377 e. The zero-order chi connectivity index (χ0) is 21.8. The molecular formula is C25H26N2O2S2. The first kappa shape index (κ1) is 20.3. The third-order valence-corrected chi connectivity index (χ3v) is 9.00. The Morgan fingerprint density at radius 2 is 1.81 bits per heavy atom. The summed E-state index contributed by atoms with van der Waals surface area (Å²) < 4.78 is 29.3. The fourth-order valence-corrected chi connectivity index (χ4v) is 7.16. The Labute approximate surface area is 188 Å². The Hall–Kier alpha value is -2.57. The number of hydrogen-bond acceptors (Lipinski definition) is 4. The number of hydrogen-bond donors (Lipinski definition) is 2. The minimum atomic E-state index is -3.68. The Bertz CT molecular complexity index is 1270. The second-order valence-electron chi connectivity index (χ2n) is 8.56. The molecule has 1 aliphatic heterocycles. The van der Waals surface area contributed by atoms with Gasteiger partial charge in [0.05, 0.1) is 16.6 Å². The molecule has 0 amide bonds. The molecule has 160 valence electrons. The molecule has 31 heavy (non-hydrogen) atoms. The van der Waals surface area contributed by atoms with Gasteiger partial charge in [-0.25, -0.2) is 8.42 Å². The van der Waals surface area contributed by atoms with Crippen LogP contribution in [-0.4, -0.2) is 8.42 Å². The average molecular weight is 451 g/mol. The molecule has 2 heterocycles. The molecule has 0 fully saturated rings. The van der Waals surface area contributed by atoms with Crippen LogP contribution >= 0.6 is 11.3 Å². The second kappa shape index (κ2) is 7.53. The number of allylic oxidation sites excluding steroid dienone is 2. The lowest BCUT2D eigenvalue weighted by atomic mass is 9.78.